The number of halogens is 1. The monoisotopic (exact) mass is 391 g/mol. The van der Waals surface area contributed by atoms with Gasteiger partial charge in [-0.1, -0.05) is 35.9 Å². The van der Waals surface area contributed by atoms with Crippen LogP contribution >= 0.6 is 11.6 Å². The molecule has 0 radical (unpaired) electrons. The van der Waals surface area contributed by atoms with Gasteiger partial charge in [0.2, 0.25) is 10.0 Å². The average molecular weight is 392 g/mol. The SMILES string of the molecule is Cc1ccccc1CS(=O)(=O)N1CCC(C(=O)c2ccc(Cl)cc2)CC1. The minimum Gasteiger partial charge on any atom is -0.294 e. The van der Waals surface area contributed by atoms with E-state index in [0.717, 1.165) is 11.1 Å². The van der Waals surface area contributed by atoms with Gasteiger partial charge in [0.25, 0.3) is 0 Å². The predicted octanol–water partition coefficient (Wildman–Crippen LogP) is 4.07. The smallest absolute Gasteiger partial charge is 0.218 e. The Morgan fingerprint density at radius 1 is 1.08 bits per heavy atom. The summed E-state index contributed by atoms with van der Waals surface area (Å²) in [5, 5.41) is 0.596. The van der Waals surface area contributed by atoms with E-state index in [-0.39, 0.29) is 17.5 Å². The standard InChI is InChI=1S/C20H22ClNO3S/c1-15-4-2-3-5-18(15)14-26(24,25)22-12-10-17(11-13-22)20(23)16-6-8-19(21)9-7-16/h2-9,17H,10-14H2,1H3. The molecule has 0 N–H and O–H groups in total. The van der Waals surface area contributed by atoms with Gasteiger partial charge in [-0.15, -0.1) is 0 Å². The Morgan fingerprint density at radius 2 is 1.69 bits per heavy atom. The average Bonchev–Trinajstić information content (AvgIpc) is 2.64. The van der Waals surface area contributed by atoms with Crippen molar-refractivity contribution in [2.75, 3.05) is 13.1 Å². The highest BCUT2D eigenvalue weighted by molar-refractivity contribution is 7.88. The summed E-state index contributed by atoms with van der Waals surface area (Å²) in [4.78, 5) is 12.6. The van der Waals surface area contributed by atoms with Crippen LogP contribution in [0.25, 0.3) is 0 Å². The summed E-state index contributed by atoms with van der Waals surface area (Å²) in [6.07, 6.45) is 1.10. The van der Waals surface area contributed by atoms with Crippen molar-refractivity contribution in [3.63, 3.8) is 0 Å². The second-order valence-corrected chi connectivity index (χ2v) is 9.13. The van der Waals surface area contributed by atoms with Crippen molar-refractivity contribution in [2.24, 2.45) is 5.92 Å². The van der Waals surface area contributed by atoms with Gasteiger partial charge in [0.05, 0.1) is 5.75 Å². The Bertz CT molecular complexity index is 886. The molecule has 0 aromatic heterocycles. The van der Waals surface area contributed by atoms with E-state index < -0.39 is 10.0 Å². The fourth-order valence-corrected chi connectivity index (χ4v) is 5.10. The Kier molecular flexibility index (Phi) is 5.80. The first-order chi connectivity index (χ1) is 12.4. The topological polar surface area (TPSA) is 54.5 Å². The van der Waals surface area contributed by atoms with Crippen LogP contribution in [0.5, 0.6) is 0 Å². The summed E-state index contributed by atoms with van der Waals surface area (Å²) in [6.45, 7) is 2.69. The van der Waals surface area contributed by atoms with E-state index in [1.807, 2.05) is 31.2 Å². The molecule has 0 bridgehead atoms. The largest absolute Gasteiger partial charge is 0.294 e. The van der Waals surface area contributed by atoms with Gasteiger partial charge in [-0.25, -0.2) is 12.7 Å². The molecule has 0 spiro atoms. The third-order valence-electron chi connectivity index (χ3n) is 4.95. The number of Topliss-reactive ketones (excluding diaryl/α,β-unsaturated/α-hetero) is 1. The van der Waals surface area contributed by atoms with Crippen LogP contribution in [0.15, 0.2) is 48.5 Å². The maximum absolute atomic E-state index is 12.7. The molecule has 0 aliphatic carbocycles. The molecule has 1 aliphatic rings. The van der Waals surface area contributed by atoms with Crippen LogP contribution in [-0.4, -0.2) is 31.6 Å². The van der Waals surface area contributed by atoms with Crippen molar-refractivity contribution in [2.45, 2.75) is 25.5 Å². The number of sulfonamides is 1. The molecule has 0 atom stereocenters. The number of benzene rings is 2. The van der Waals surface area contributed by atoms with Crippen molar-refractivity contribution >= 4 is 27.4 Å². The Hall–Kier alpha value is -1.69. The molecule has 0 amide bonds. The van der Waals surface area contributed by atoms with Gasteiger partial charge >= 0.3 is 0 Å². The van der Waals surface area contributed by atoms with Gasteiger partial charge < -0.3 is 0 Å². The first-order valence-electron chi connectivity index (χ1n) is 8.69. The number of ketones is 1. The van der Waals surface area contributed by atoms with Crippen LogP contribution in [-0.2, 0) is 15.8 Å². The maximum Gasteiger partial charge on any atom is 0.218 e. The molecule has 2 aromatic rings. The normalized spacial score (nSPS) is 16.5. The fraction of sp³-hybridized carbons (Fsp3) is 0.350. The summed E-state index contributed by atoms with van der Waals surface area (Å²) >= 11 is 5.86. The number of hydrogen-bond donors (Lipinski definition) is 0. The molecule has 3 rings (SSSR count). The molecular formula is C20H22ClNO3S. The van der Waals surface area contributed by atoms with Gasteiger partial charge in [0.15, 0.2) is 5.78 Å². The van der Waals surface area contributed by atoms with E-state index >= 15 is 0 Å². The maximum atomic E-state index is 12.7. The number of carbonyl (C=O) groups is 1. The van der Waals surface area contributed by atoms with Crippen LogP contribution in [0.1, 0.15) is 34.3 Å². The minimum atomic E-state index is -3.37. The van der Waals surface area contributed by atoms with Crippen molar-refractivity contribution in [3.05, 3.63) is 70.2 Å². The lowest BCUT2D eigenvalue weighted by Crippen LogP contribution is -2.40. The third-order valence-corrected chi connectivity index (χ3v) is 7.03. The van der Waals surface area contributed by atoms with Gasteiger partial charge in [-0.3, -0.25) is 4.79 Å². The number of hydrogen-bond acceptors (Lipinski definition) is 3. The number of piperidine rings is 1. The highest BCUT2D eigenvalue weighted by Gasteiger charge is 2.31. The minimum absolute atomic E-state index is 0.00940. The van der Waals surface area contributed by atoms with Crippen LogP contribution in [0, 0.1) is 12.8 Å². The summed E-state index contributed by atoms with van der Waals surface area (Å²) in [6, 6.07) is 14.4. The zero-order valence-electron chi connectivity index (χ0n) is 14.7. The third kappa shape index (κ3) is 4.34. The van der Waals surface area contributed by atoms with Crippen LogP contribution < -0.4 is 0 Å². The molecule has 0 unspecified atom stereocenters. The van der Waals surface area contributed by atoms with Gasteiger partial charge in [-0.05, 0) is 55.2 Å². The summed E-state index contributed by atoms with van der Waals surface area (Å²) < 4.78 is 27.0. The predicted molar refractivity (Wildman–Crippen MR) is 104 cm³/mol. The second kappa shape index (κ2) is 7.91. The fourth-order valence-electron chi connectivity index (χ4n) is 3.31. The first kappa shape index (κ1) is 19.1. The number of rotatable bonds is 5. The lowest BCUT2D eigenvalue weighted by Gasteiger charge is -2.30. The van der Waals surface area contributed by atoms with Gasteiger partial charge in [-0.2, -0.15) is 0 Å². The van der Waals surface area contributed by atoms with Crippen LogP contribution in [0.2, 0.25) is 5.02 Å². The number of nitrogens with zero attached hydrogens (tertiary/aromatic N) is 1. The summed E-state index contributed by atoms with van der Waals surface area (Å²) in [5.74, 6) is -0.0612. The molecule has 138 valence electrons. The molecule has 4 nitrogen and oxygen atoms in total. The lowest BCUT2D eigenvalue weighted by molar-refractivity contribution is 0.0875. The zero-order valence-corrected chi connectivity index (χ0v) is 16.3. The van der Waals surface area contributed by atoms with E-state index in [2.05, 4.69) is 0 Å². The zero-order chi connectivity index (χ0) is 18.7. The van der Waals surface area contributed by atoms with E-state index in [1.54, 1.807) is 24.3 Å². The van der Waals surface area contributed by atoms with E-state index in [0.29, 0.717) is 36.5 Å². The Balaban J connectivity index is 1.63. The van der Waals surface area contributed by atoms with E-state index in [9.17, 15) is 13.2 Å². The van der Waals surface area contributed by atoms with E-state index in [1.165, 1.54) is 4.31 Å². The number of aryl methyl sites for hydroxylation is 1. The molecule has 1 heterocycles. The molecule has 2 aromatic carbocycles. The Morgan fingerprint density at radius 3 is 2.31 bits per heavy atom. The molecule has 1 aliphatic heterocycles. The second-order valence-electron chi connectivity index (χ2n) is 6.73. The van der Waals surface area contributed by atoms with Crippen LogP contribution in [0.3, 0.4) is 0 Å². The lowest BCUT2D eigenvalue weighted by atomic mass is 9.90. The summed E-state index contributed by atoms with van der Waals surface area (Å²) in [5.41, 5.74) is 2.44. The molecular weight excluding hydrogens is 370 g/mol. The van der Waals surface area contributed by atoms with Crippen molar-refractivity contribution in [3.8, 4) is 0 Å². The van der Waals surface area contributed by atoms with Crippen molar-refractivity contribution in [1.29, 1.82) is 0 Å². The summed E-state index contributed by atoms with van der Waals surface area (Å²) in [7, 11) is -3.37. The van der Waals surface area contributed by atoms with Crippen molar-refractivity contribution < 1.29 is 13.2 Å². The number of carbonyl (C=O) groups excluding carboxylic acids is 1. The van der Waals surface area contributed by atoms with Gasteiger partial charge in [0, 0.05) is 29.6 Å². The quantitative estimate of drug-likeness (QED) is 0.722. The molecule has 6 heteroatoms. The molecule has 1 saturated heterocycles. The first-order valence-corrected chi connectivity index (χ1v) is 10.7. The van der Waals surface area contributed by atoms with Gasteiger partial charge in [0.1, 0.15) is 0 Å². The van der Waals surface area contributed by atoms with Crippen LogP contribution in [0.4, 0.5) is 0 Å². The highest BCUT2D eigenvalue weighted by Crippen LogP contribution is 2.25. The molecule has 0 saturated carbocycles. The highest BCUT2D eigenvalue weighted by atomic mass is 35.5. The molecule has 1 fully saturated rings. The molecule has 26 heavy (non-hydrogen) atoms. The Labute approximate surface area is 159 Å². The van der Waals surface area contributed by atoms with E-state index in [4.69, 9.17) is 11.6 Å². The van der Waals surface area contributed by atoms with Crippen molar-refractivity contribution in [1.82, 2.24) is 4.31 Å².